The van der Waals surface area contributed by atoms with Crippen LogP contribution in [0.1, 0.15) is 23.4 Å². The topological polar surface area (TPSA) is 83.6 Å². The summed E-state index contributed by atoms with van der Waals surface area (Å²) in [5, 5.41) is 10.2. The quantitative estimate of drug-likeness (QED) is 0.742. The van der Waals surface area contributed by atoms with Crippen LogP contribution < -0.4 is 5.32 Å². The number of hydrogen-bond acceptors (Lipinski definition) is 4. The van der Waals surface area contributed by atoms with Crippen LogP contribution in [0.5, 0.6) is 0 Å². The van der Waals surface area contributed by atoms with Gasteiger partial charge in [-0.2, -0.15) is 5.10 Å². The summed E-state index contributed by atoms with van der Waals surface area (Å²) < 4.78 is 0. The lowest BCUT2D eigenvalue weighted by molar-refractivity contribution is -0.125. The Morgan fingerprint density at radius 3 is 2.92 bits per heavy atom. The van der Waals surface area contributed by atoms with E-state index in [9.17, 15) is 4.79 Å². The molecule has 1 aliphatic carbocycles. The number of aryl methyl sites for hydroxylation is 1. The number of nitrogens with one attached hydrogen (secondary N) is 2. The van der Waals surface area contributed by atoms with E-state index in [1.54, 1.807) is 12.4 Å². The number of carbonyl (C=O) groups is 1. The molecule has 132 valence electrons. The molecular formula is C20H21N5O. The summed E-state index contributed by atoms with van der Waals surface area (Å²) in [7, 11) is 0. The fraction of sp³-hybridized carbons (Fsp3) is 0.300. The van der Waals surface area contributed by atoms with E-state index in [-0.39, 0.29) is 11.8 Å². The first-order chi connectivity index (χ1) is 12.8. The van der Waals surface area contributed by atoms with E-state index in [0.717, 1.165) is 30.7 Å². The molecule has 2 heterocycles. The molecule has 2 aromatic heterocycles. The number of fused-ring (bicyclic) bond motifs is 1. The fourth-order valence-electron chi connectivity index (χ4n) is 3.40. The van der Waals surface area contributed by atoms with E-state index in [1.807, 2.05) is 18.2 Å². The van der Waals surface area contributed by atoms with Gasteiger partial charge in [-0.3, -0.25) is 14.9 Å². The third-order valence-electron chi connectivity index (χ3n) is 4.83. The molecule has 0 spiro atoms. The fourth-order valence-corrected chi connectivity index (χ4v) is 3.40. The number of hydrogen-bond donors (Lipinski definition) is 2. The second-order valence-electron chi connectivity index (χ2n) is 6.60. The molecule has 6 heteroatoms. The molecule has 3 aromatic rings. The van der Waals surface area contributed by atoms with Crippen LogP contribution in [0, 0.1) is 5.92 Å². The Hall–Kier alpha value is -3.02. The molecule has 6 nitrogen and oxygen atoms in total. The zero-order chi connectivity index (χ0) is 17.8. The van der Waals surface area contributed by atoms with Crippen molar-refractivity contribution in [3.05, 3.63) is 65.7 Å². The molecule has 0 saturated heterocycles. The van der Waals surface area contributed by atoms with Crippen molar-refractivity contribution in [1.82, 2.24) is 25.5 Å². The van der Waals surface area contributed by atoms with E-state index in [0.29, 0.717) is 18.8 Å². The first kappa shape index (κ1) is 16.4. The maximum atomic E-state index is 12.5. The molecule has 1 aromatic carbocycles. The monoisotopic (exact) mass is 347 g/mol. The second kappa shape index (κ2) is 7.47. The Kier molecular flexibility index (Phi) is 4.73. The van der Waals surface area contributed by atoms with Crippen LogP contribution in [0.25, 0.3) is 11.4 Å². The largest absolute Gasteiger partial charge is 0.355 e. The minimum Gasteiger partial charge on any atom is -0.355 e. The molecule has 0 fully saturated rings. The maximum Gasteiger partial charge on any atom is 0.223 e. The summed E-state index contributed by atoms with van der Waals surface area (Å²) >= 11 is 0. The third kappa shape index (κ3) is 3.64. The standard InChI is InChI=1S/C20H21N5O/c26-20(16-8-7-14-4-1-2-5-15(14)12-16)22-11-9-18-23-19(25-24-18)17-6-3-10-21-13-17/h1-6,10,13,16H,7-9,11-12H2,(H,22,26)(H,23,24,25). The van der Waals surface area contributed by atoms with E-state index in [1.165, 1.54) is 11.1 Å². The van der Waals surface area contributed by atoms with E-state index < -0.39 is 0 Å². The average Bonchev–Trinajstić information content (AvgIpc) is 3.17. The van der Waals surface area contributed by atoms with Crippen molar-refractivity contribution in [1.29, 1.82) is 0 Å². The van der Waals surface area contributed by atoms with Crippen molar-refractivity contribution >= 4 is 5.91 Å². The summed E-state index contributed by atoms with van der Waals surface area (Å²) in [6, 6.07) is 12.2. The first-order valence-electron chi connectivity index (χ1n) is 8.96. The van der Waals surface area contributed by atoms with Gasteiger partial charge in [0.05, 0.1) is 0 Å². The average molecular weight is 347 g/mol. The van der Waals surface area contributed by atoms with Gasteiger partial charge in [-0.15, -0.1) is 0 Å². The van der Waals surface area contributed by atoms with Crippen LogP contribution in [-0.2, 0) is 24.1 Å². The van der Waals surface area contributed by atoms with Crippen molar-refractivity contribution < 1.29 is 4.79 Å². The Morgan fingerprint density at radius 1 is 1.19 bits per heavy atom. The lowest BCUT2D eigenvalue weighted by Crippen LogP contribution is -2.35. The minimum absolute atomic E-state index is 0.0607. The number of benzene rings is 1. The summed E-state index contributed by atoms with van der Waals surface area (Å²) in [6.07, 6.45) is 6.80. The number of carbonyl (C=O) groups excluding carboxylic acids is 1. The first-order valence-corrected chi connectivity index (χ1v) is 8.96. The molecule has 4 rings (SSSR count). The highest BCUT2D eigenvalue weighted by atomic mass is 16.1. The van der Waals surface area contributed by atoms with Gasteiger partial charge in [0, 0.05) is 36.8 Å². The highest BCUT2D eigenvalue weighted by molar-refractivity contribution is 5.79. The van der Waals surface area contributed by atoms with E-state index >= 15 is 0 Å². The molecule has 0 saturated carbocycles. The van der Waals surface area contributed by atoms with Gasteiger partial charge in [-0.1, -0.05) is 24.3 Å². The van der Waals surface area contributed by atoms with Gasteiger partial charge in [-0.25, -0.2) is 4.98 Å². The number of aromatic amines is 1. The Morgan fingerprint density at radius 2 is 2.08 bits per heavy atom. The van der Waals surface area contributed by atoms with Crippen molar-refractivity contribution in [2.75, 3.05) is 6.54 Å². The lowest BCUT2D eigenvalue weighted by atomic mass is 9.83. The van der Waals surface area contributed by atoms with Crippen molar-refractivity contribution in [2.45, 2.75) is 25.7 Å². The molecule has 0 radical (unpaired) electrons. The van der Waals surface area contributed by atoms with Crippen molar-refractivity contribution in [2.24, 2.45) is 5.92 Å². The van der Waals surface area contributed by atoms with Gasteiger partial charge >= 0.3 is 0 Å². The van der Waals surface area contributed by atoms with Crippen molar-refractivity contribution in [3.8, 4) is 11.4 Å². The molecule has 2 N–H and O–H groups in total. The molecule has 0 aliphatic heterocycles. The van der Waals surface area contributed by atoms with Crippen LogP contribution in [0.4, 0.5) is 0 Å². The Bertz CT molecular complexity index is 890. The Balaban J connectivity index is 1.29. The van der Waals surface area contributed by atoms with Gasteiger partial charge < -0.3 is 5.32 Å². The number of aromatic nitrogens is 4. The summed E-state index contributed by atoms with van der Waals surface area (Å²) in [6.45, 7) is 0.554. The second-order valence-corrected chi connectivity index (χ2v) is 6.60. The SMILES string of the molecule is O=C(NCCc1nc(-c2cccnc2)n[nH]1)C1CCc2ccccc2C1. The van der Waals surface area contributed by atoms with Crippen LogP contribution in [0.2, 0.25) is 0 Å². The summed E-state index contributed by atoms with van der Waals surface area (Å²) in [4.78, 5) is 21.0. The van der Waals surface area contributed by atoms with E-state index in [2.05, 4.69) is 43.7 Å². The van der Waals surface area contributed by atoms with Gasteiger partial charge in [0.1, 0.15) is 5.82 Å². The number of rotatable bonds is 5. The summed E-state index contributed by atoms with van der Waals surface area (Å²) in [5.74, 6) is 1.58. The highest BCUT2D eigenvalue weighted by Gasteiger charge is 2.24. The van der Waals surface area contributed by atoms with E-state index in [4.69, 9.17) is 0 Å². The number of pyridine rings is 1. The lowest BCUT2D eigenvalue weighted by Gasteiger charge is -2.23. The highest BCUT2D eigenvalue weighted by Crippen LogP contribution is 2.25. The predicted octanol–water partition coefficient (Wildman–Crippen LogP) is 2.33. The van der Waals surface area contributed by atoms with Crippen molar-refractivity contribution in [3.63, 3.8) is 0 Å². The number of H-pyrrole nitrogens is 1. The predicted molar refractivity (Wildman–Crippen MR) is 98.3 cm³/mol. The molecule has 1 unspecified atom stereocenters. The normalized spacial score (nSPS) is 16.1. The maximum absolute atomic E-state index is 12.5. The smallest absolute Gasteiger partial charge is 0.223 e. The molecule has 26 heavy (non-hydrogen) atoms. The van der Waals surface area contributed by atoms with Crippen LogP contribution in [-0.4, -0.2) is 32.6 Å². The number of amides is 1. The third-order valence-corrected chi connectivity index (χ3v) is 4.83. The Labute approximate surface area is 152 Å². The van der Waals surface area contributed by atoms with Crippen LogP contribution >= 0.6 is 0 Å². The molecular weight excluding hydrogens is 326 g/mol. The summed E-state index contributed by atoms with van der Waals surface area (Å²) in [5.41, 5.74) is 3.55. The molecule has 0 bridgehead atoms. The van der Waals surface area contributed by atoms with Gasteiger partial charge in [-0.05, 0) is 42.5 Å². The number of nitrogens with zero attached hydrogens (tertiary/aromatic N) is 3. The van der Waals surface area contributed by atoms with Crippen LogP contribution in [0.15, 0.2) is 48.8 Å². The van der Waals surface area contributed by atoms with Gasteiger partial charge in [0.2, 0.25) is 5.91 Å². The molecule has 1 aliphatic rings. The van der Waals surface area contributed by atoms with Gasteiger partial charge in [0.25, 0.3) is 0 Å². The minimum atomic E-state index is 0.0607. The zero-order valence-electron chi connectivity index (χ0n) is 14.5. The molecule has 1 atom stereocenters. The zero-order valence-corrected chi connectivity index (χ0v) is 14.5. The van der Waals surface area contributed by atoms with Crippen LogP contribution in [0.3, 0.4) is 0 Å². The van der Waals surface area contributed by atoms with Gasteiger partial charge in [0.15, 0.2) is 5.82 Å². The molecule has 1 amide bonds.